The van der Waals surface area contributed by atoms with Gasteiger partial charge in [0.2, 0.25) is 0 Å². The average Bonchev–Trinajstić information content (AvgIpc) is 2.68. The second kappa shape index (κ2) is 4.78. The van der Waals surface area contributed by atoms with E-state index in [1.54, 1.807) is 23.0 Å². The second-order valence-electron chi connectivity index (χ2n) is 3.87. The zero-order valence-corrected chi connectivity index (χ0v) is 9.92. The highest BCUT2D eigenvalue weighted by atomic mass is 16.1. The predicted molar refractivity (Wildman–Crippen MR) is 67.8 cm³/mol. The van der Waals surface area contributed by atoms with Crippen LogP contribution in [0.4, 0.5) is 0 Å². The summed E-state index contributed by atoms with van der Waals surface area (Å²) in [5.41, 5.74) is 2.71. The van der Waals surface area contributed by atoms with E-state index in [2.05, 4.69) is 5.10 Å². The van der Waals surface area contributed by atoms with Crippen molar-refractivity contribution in [1.82, 2.24) is 9.78 Å². The van der Waals surface area contributed by atoms with Gasteiger partial charge in [-0.3, -0.25) is 9.48 Å². The highest BCUT2D eigenvalue weighted by Gasteiger charge is 2.02. The van der Waals surface area contributed by atoms with E-state index in [9.17, 15) is 4.79 Å². The van der Waals surface area contributed by atoms with Crippen LogP contribution in [0.3, 0.4) is 0 Å². The number of ketones is 1. The monoisotopic (exact) mass is 226 g/mol. The highest BCUT2D eigenvalue weighted by molar-refractivity contribution is 6.06. The molecule has 2 rings (SSSR count). The van der Waals surface area contributed by atoms with Crippen molar-refractivity contribution in [2.75, 3.05) is 0 Å². The van der Waals surface area contributed by atoms with Crippen molar-refractivity contribution in [2.24, 2.45) is 7.05 Å². The number of allylic oxidation sites excluding steroid dienone is 1. The topological polar surface area (TPSA) is 34.9 Å². The van der Waals surface area contributed by atoms with Crippen molar-refractivity contribution in [2.45, 2.75) is 6.92 Å². The molecule has 0 saturated heterocycles. The van der Waals surface area contributed by atoms with Gasteiger partial charge in [0, 0.05) is 23.9 Å². The van der Waals surface area contributed by atoms with E-state index < -0.39 is 0 Å². The Labute approximate surface area is 100 Å². The van der Waals surface area contributed by atoms with Gasteiger partial charge in [0.25, 0.3) is 0 Å². The summed E-state index contributed by atoms with van der Waals surface area (Å²) < 4.78 is 1.78. The molecule has 0 aliphatic rings. The van der Waals surface area contributed by atoms with Crippen LogP contribution < -0.4 is 0 Å². The molecule has 3 heteroatoms. The Balaban J connectivity index is 2.17. The lowest BCUT2D eigenvalue weighted by Crippen LogP contribution is -1.94. The maximum Gasteiger partial charge on any atom is 0.185 e. The summed E-state index contributed by atoms with van der Waals surface area (Å²) in [7, 11) is 1.88. The first kappa shape index (κ1) is 11.3. The maximum absolute atomic E-state index is 11.8. The van der Waals surface area contributed by atoms with Crippen LogP contribution in [0, 0.1) is 6.92 Å². The lowest BCUT2D eigenvalue weighted by atomic mass is 10.1. The van der Waals surface area contributed by atoms with Gasteiger partial charge in [-0.25, -0.2) is 0 Å². The number of nitrogens with zero attached hydrogens (tertiary/aromatic N) is 2. The third-order valence-corrected chi connectivity index (χ3v) is 2.75. The number of aromatic nitrogens is 2. The molecule has 0 saturated carbocycles. The van der Waals surface area contributed by atoms with Crippen LogP contribution in [0.15, 0.2) is 42.6 Å². The number of benzene rings is 1. The zero-order chi connectivity index (χ0) is 12.3. The summed E-state index contributed by atoms with van der Waals surface area (Å²) >= 11 is 0. The Morgan fingerprint density at radius 2 is 2.00 bits per heavy atom. The Morgan fingerprint density at radius 3 is 2.59 bits per heavy atom. The summed E-state index contributed by atoms with van der Waals surface area (Å²) in [5.74, 6) is 0.00820. The first-order valence-electron chi connectivity index (χ1n) is 5.44. The molecular formula is C14H14N2O. The van der Waals surface area contributed by atoms with Crippen LogP contribution in [0.5, 0.6) is 0 Å². The minimum atomic E-state index is 0.00820. The van der Waals surface area contributed by atoms with Gasteiger partial charge in [0.05, 0.1) is 6.20 Å². The SMILES string of the molecule is Cc1c(/C=C/C(=O)c2ccccc2)cnn1C. The molecule has 0 unspecified atom stereocenters. The molecule has 1 aromatic heterocycles. The van der Waals surface area contributed by atoms with Gasteiger partial charge in [-0.15, -0.1) is 0 Å². The lowest BCUT2D eigenvalue weighted by molar-refractivity contribution is 0.104. The first-order chi connectivity index (χ1) is 8.18. The van der Waals surface area contributed by atoms with Gasteiger partial charge in [0.15, 0.2) is 5.78 Å². The number of aryl methyl sites for hydroxylation is 1. The van der Waals surface area contributed by atoms with Gasteiger partial charge in [-0.1, -0.05) is 30.3 Å². The molecule has 0 fully saturated rings. The molecule has 17 heavy (non-hydrogen) atoms. The Kier molecular flexibility index (Phi) is 3.19. The highest BCUT2D eigenvalue weighted by Crippen LogP contribution is 2.09. The quantitative estimate of drug-likeness (QED) is 0.595. The van der Waals surface area contributed by atoms with Crippen molar-refractivity contribution < 1.29 is 4.79 Å². The molecular weight excluding hydrogens is 212 g/mol. The maximum atomic E-state index is 11.8. The molecule has 0 atom stereocenters. The standard InChI is InChI=1S/C14H14N2O/c1-11-13(10-15-16(11)2)8-9-14(17)12-6-4-3-5-7-12/h3-10H,1-2H3/b9-8+. The van der Waals surface area contributed by atoms with Crippen molar-refractivity contribution in [1.29, 1.82) is 0 Å². The number of rotatable bonds is 3. The summed E-state index contributed by atoms with van der Waals surface area (Å²) in [4.78, 5) is 11.8. The Bertz CT molecular complexity index is 553. The fraction of sp³-hybridized carbons (Fsp3) is 0.143. The molecule has 0 N–H and O–H groups in total. The van der Waals surface area contributed by atoms with Crippen molar-refractivity contribution in [3.8, 4) is 0 Å². The van der Waals surface area contributed by atoms with Crippen LogP contribution in [0.2, 0.25) is 0 Å². The number of carbonyl (C=O) groups is 1. The van der Waals surface area contributed by atoms with Gasteiger partial charge >= 0.3 is 0 Å². The predicted octanol–water partition coefficient (Wildman–Crippen LogP) is 2.62. The molecule has 0 spiro atoms. The van der Waals surface area contributed by atoms with Gasteiger partial charge in [-0.2, -0.15) is 5.10 Å². The van der Waals surface area contributed by atoms with E-state index in [-0.39, 0.29) is 5.78 Å². The molecule has 2 aromatic rings. The van der Waals surface area contributed by atoms with E-state index in [1.165, 1.54) is 0 Å². The van der Waals surface area contributed by atoms with Crippen molar-refractivity contribution in [3.63, 3.8) is 0 Å². The molecule has 1 heterocycles. The molecule has 0 amide bonds. The molecule has 1 aromatic carbocycles. The molecule has 0 radical (unpaired) electrons. The van der Waals surface area contributed by atoms with Crippen LogP contribution >= 0.6 is 0 Å². The number of hydrogen-bond donors (Lipinski definition) is 0. The van der Waals surface area contributed by atoms with Crippen LogP contribution in [-0.4, -0.2) is 15.6 Å². The minimum Gasteiger partial charge on any atom is -0.289 e. The van der Waals surface area contributed by atoms with Crippen molar-refractivity contribution in [3.05, 3.63) is 59.4 Å². The number of hydrogen-bond acceptors (Lipinski definition) is 2. The van der Waals surface area contributed by atoms with E-state index in [0.717, 1.165) is 11.3 Å². The zero-order valence-electron chi connectivity index (χ0n) is 9.92. The molecule has 0 aliphatic heterocycles. The van der Waals surface area contributed by atoms with Crippen LogP contribution in [-0.2, 0) is 7.05 Å². The molecule has 0 aliphatic carbocycles. The summed E-state index contributed by atoms with van der Waals surface area (Å²) in [6.45, 7) is 1.97. The molecule has 0 bridgehead atoms. The normalized spacial score (nSPS) is 10.9. The van der Waals surface area contributed by atoms with E-state index in [1.807, 2.05) is 44.3 Å². The fourth-order valence-corrected chi connectivity index (χ4v) is 1.54. The third-order valence-electron chi connectivity index (χ3n) is 2.75. The van der Waals surface area contributed by atoms with Crippen molar-refractivity contribution >= 4 is 11.9 Å². The van der Waals surface area contributed by atoms with Crippen LogP contribution in [0.1, 0.15) is 21.6 Å². The fourth-order valence-electron chi connectivity index (χ4n) is 1.54. The largest absolute Gasteiger partial charge is 0.289 e. The van der Waals surface area contributed by atoms with Gasteiger partial charge in [0.1, 0.15) is 0 Å². The minimum absolute atomic E-state index is 0.00820. The van der Waals surface area contributed by atoms with E-state index in [4.69, 9.17) is 0 Å². The average molecular weight is 226 g/mol. The van der Waals surface area contributed by atoms with E-state index >= 15 is 0 Å². The lowest BCUT2D eigenvalue weighted by Gasteiger charge is -1.95. The first-order valence-corrected chi connectivity index (χ1v) is 5.44. The smallest absolute Gasteiger partial charge is 0.185 e. The third kappa shape index (κ3) is 2.50. The summed E-state index contributed by atoms with van der Waals surface area (Å²) in [6.07, 6.45) is 5.14. The second-order valence-corrected chi connectivity index (χ2v) is 3.87. The van der Waals surface area contributed by atoms with Gasteiger partial charge < -0.3 is 0 Å². The summed E-state index contributed by atoms with van der Waals surface area (Å²) in [6, 6.07) is 9.23. The van der Waals surface area contributed by atoms with E-state index in [0.29, 0.717) is 5.56 Å². The Morgan fingerprint density at radius 1 is 1.29 bits per heavy atom. The van der Waals surface area contributed by atoms with Gasteiger partial charge in [-0.05, 0) is 19.1 Å². The summed E-state index contributed by atoms with van der Waals surface area (Å²) in [5, 5.41) is 4.12. The Hall–Kier alpha value is -2.16. The van der Waals surface area contributed by atoms with Crippen LogP contribution in [0.25, 0.3) is 6.08 Å². The number of carbonyl (C=O) groups excluding carboxylic acids is 1. The molecule has 86 valence electrons. The molecule has 3 nitrogen and oxygen atoms in total.